The highest BCUT2D eigenvalue weighted by molar-refractivity contribution is 5.81. The van der Waals surface area contributed by atoms with E-state index in [-0.39, 0.29) is 42.9 Å². The predicted molar refractivity (Wildman–Crippen MR) is 138 cm³/mol. The molecule has 1 unspecified atom stereocenters. The van der Waals surface area contributed by atoms with Gasteiger partial charge in [-0.2, -0.15) is 14.4 Å². The van der Waals surface area contributed by atoms with E-state index in [1.165, 1.54) is 10.9 Å². The number of aliphatic hydroxyl groups excluding tert-OH is 1. The molecule has 5 rings (SSSR count). The summed E-state index contributed by atoms with van der Waals surface area (Å²) in [5, 5.41) is 10.8. The Morgan fingerprint density at radius 1 is 1.21 bits per heavy atom. The van der Waals surface area contributed by atoms with E-state index in [4.69, 9.17) is 26.4 Å². The number of terminal acetylenes is 1. The highest BCUT2D eigenvalue weighted by Gasteiger charge is 2.51. The Kier molecular flexibility index (Phi) is 7.51. The van der Waals surface area contributed by atoms with Crippen molar-refractivity contribution >= 4 is 23.0 Å². The summed E-state index contributed by atoms with van der Waals surface area (Å²) >= 11 is 0. The topological polar surface area (TPSA) is 135 Å². The molecule has 3 N–H and O–H groups in total. The second kappa shape index (κ2) is 11.2. The molecule has 3 heterocycles. The zero-order chi connectivity index (χ0) is 27.4. The van der Waals surface area contributed by atoms with Crippen molar-refractivity contribution in [1.82, 2.24) is 19.5 Å². The van der Waals surface area contributed by atoms with Gasteiger partial charge in [0.1, 0.15) is 18.9 Å². The zero-order valence-electron chi connectivity index (χ0n) is 20.8. The molecule has 10 nitrogen and oxygen atoms in total. The molecule has 1 fully saturated rings. The lowest BCUT2D eigenvalue weighted by Crippen LogP contribution is -2.46. The van der Waals surface area contributed by atoms with Crippen LogP contribution in [-0.4, -0.2) is 55.2 Å². The number of hydrogen-bond donors (Lipinski definition) is 2. The van der Waals surface area contributed by atoms with Gasteiger partial charge in [-0.15, -0.1) is 6.42 Å². The molecule has 11 heteroatoms. The number of nitrogens with zero attached hydrogens (tertiary/aromatic N) is 4. The number of ether oxygens (including phenoxy) is 3. The first-order valence-corrected chi connectivity index (χ1v) is 12.2. The predicted octanol–water partition coefficient (Wildman–Crippen LogP) is 2.57. The van der Waals surface area contributed by atoms with E-state index in [9.17, 15) is 14.3 Å². The van der Waals surface area contributed by atoms with Crippen LogP contribution >= 0.6 is 0 Å². The van der Waals surface area contributed by atoms with Crippen molar-refractivity contribution < 1.29 is 28.5 Å². The Labute approximate surface area is 223 Å². The first-order chi connectivity index (χ1) is 18.9. The van der Waals surface area contributed by atoms with Crippen LogP contribution in [0.4, 0.5) is 10.2 Å². The smallest absolute Gasteiger partial charge is 0.312 e. The van der Waals surface area contributed by atoms with Crippen LogP contribution in [0.25, 0.3) is 11.2 Å². The summed E-state index contributed by atoms with van der Waals surface area (Å²) in [5.41, 5.74) is 6.15. The second-order valence-electron chi connectivity index (χ2n) is 9.14. The summed E-state index contributed by atoms with van der Waals surface area (Å²) in [4.78, 5) is 24.1. The van der Waals surface area contributed by atoms with Crippen molar-refractivity contribution in [3.8, 4) is 12.3 Å². The number of carbonyl (C=O) groups excluding carboxylic acids is 1. The molecular formula is C28H26FN5O5. The van der Waals surface area contributed by atoms with Crippen LogP contribution < -0.4 is 5.73 Å². The lowest BCUT2D eigenvalue weighted by atomic mass is 9.98. The van der Waals surface area contributed by atoms with Gasteiger partial charge in [0.25, 0.3) is 0 Å². The van der Waals surface area contributed by atoms with Gasteiger partial charge in [0.15, 0.2) is 28.9 Å². The number of aromatic nitrogens is 4. The lowest BCUT2D eigenvalue weighted by molar-refractivity contribution is -0.183. The number of nitrogen functional groups attached to an aromatic ring is 1. The number of hydrogen-bond acceptors (Lipinski definition) is 9. The molecule has 0 amide bonds. The number of nitrogens with two attached hydrogens (primary N) is 1. The molecule has 0 spiro atoms. The Bertz CT molecular complexity index is 1490. The first-order valence-electron chi connectivity index (χ1n) is 12.2. The largest absolute Gasteiger partial charge is 0.461 e. The zero-order valence-corrected chi connectivity index (χ0v) is 20.8. The molecular weight excluding hydrogens is 505 g/mol. The molecule has 1 aliphatic rings. The first kappa shape index (κ1) is 26.2. The van der Waals surface area contributed by atoms with Gasteiger partial charge in [-0.05, 0) is 11.1 Å². The van der Waals surface area contributed by atoms with E-state index in [0.29, 0.717) is 0 Å². The van der Waals surface area contributed by atoms with Crippen LogP contribution in [0.2, 0.25) is 0 Å². The highest BCUT2D eigenvalue weighted by Crippen LogP contribution is 2.40. The highest BCUT2D eigenvalue weighted by atomic mass is 19.1. The number of rotatable bonds is 9. The van der Waals surface area contributed by atoms with E-state index in [0.717, 1.165) is 11.1 Å². The van der Waals surface area contributed by atoms with E-state index >= 15 is 0 Å². The van der Waals surface area contributed by atoms with Crippen molar-refractivity contribution in [3.63, 3.8) is 0 Å². The standard InChI is InChI=1S/C28H26FN5O5/c1-2-28(16-37-22(35)13-18-9-5-3-6-10-18)20(38-23(36)14-19-11-7-4-8-12-19)15-21(39-28)34-17-31-24-25(30)32-27(29)33-26(24)34/h1,3-12,17,20-21,23,36H,13-16H2,(H2,30,32,33)/t20-,21+,23?,28+/m0/s1. The summed E-state index contributed by atoms with van der Waals surface area (Å²) in [7, 11) is 0. The summed E-state index contributed by atoms with van der Waals surface area (Å²) in [6.45, 7) is -0.341. The maximum atomic E-state index is 14.0. The average Bonchev–Trinajstić information content (AvgIpc) is 3.50. The molecule has 39 heavy (non-hydrogen) atoms. The summed E-state index contributed by atoms with van der Waals surface area (Å²) in [6.07, 6.45) is 3.66. The van der Waals surface area contributed by atoms with Gasteiger partial charge in [0.2, 0.25) is 0 Å². The number of benzene rings is 2. The van der Waals surface area contributed by atoms with Crippen LogP contribution in [0.1, 0.15) is 23.8 Å². The van der Waals surface area contributed by atoms with E-state index in [1.807, 2.05) is 60.7 Å². The minimum Gasteiger partial charge on any atom is -0.461 e. The lowest BCUT2D eigenvalue weighted by Gasteiger charge is -2.30. The van der Waals surface area contributed by atoms with Crippen LogP contribution in [-0.2, 0) is 31.8 Å². The van der Waals surface area contributed by atoms with Crippen LogP contribution in [0.5, 0.6) is 0 Å². The molecule has 2 aromatic carbocycles. The fourth-order valence-corrected chi connectivity index (χ4v) is 4.55. The third-order valence-corrected chi connectivity index (χ3v) is 6.47. The van der Waals surface area contributed by atoms with Crippen molar-refractivity contribution in [2.24, 2.45) is 0 Å². The monoisotopic (exact) mass is 531 g/mol. The normalized spacial score (nSPS) is 21.5. The van der Waals surface area contributed by atoms with Crippen LogP contribution in [0.15, 0.2) is 67.0 Å². The third kappa shape index (κ3) is 5.73. The number of anilines is 1. The Morgan fingerprint density at radius 3 is 2.59 bits per heavy atom. The van der Waals surface area contributed by atoms with Crippen molar-refractivity contribution in [3.05, 3.63) is 84.2 Å². The Hall–Kier alpha value is -4.37. The quantitative estimate of drug-likeness (QED) is 0.145. The molecule has 2 aromatic heterocycles. The SMILES string of the molecule is C#C[C@]1(COC(=O)Cc2ccccc2)O[C@@H](n2cnc3c(N)nc(F)nc32)C[C@@H]1OC(O)Cc1ccccc1. The maximum Gasteiger partial charge on any atom is 0.312 e. The number of carbonyl (C=O) groups is 1. The van der Waals surface area contributed by atoms with Gasteiger partial charge >= 0.3 is 12.0 Å². The molecule has 4 aromatic rings. The third-order valence-electron chi connectivity index (χ3n) is 6.47. The van der Waals surface area contributed by atoms with E-state index in [2.05, 4.69) is 20.9 Å². The van der Waals surface area contributed by atoms with Crippen LogP contribution in [0.3, 0.4) is 0 Å². The van der Waals surface area contributed by atoms with Crippen molar-refractivity contribution in [2.75, 3.05) is 12.3 Å². The van der Waals surface area contributed by atoms with Crippen molar-refractivity contribution in [1.29, 1.82) is 0 Å². The summed E-state index contributed by atoms with van der Waals surface area (Å²) < 4.78 is 33.2. The van der Waals surface area contributed by atoms with Gasteiger partial charge in [0.05, 0.1) is 12.7 Å². The number of aliphatic hydroxyl groups is 1. The van der Waals surface area contributed by atoms with Gasteiger partial charge in [-0.1, -0.05) is 66.6 Å². The number of imidazole rings is 1. The van der Waals surface area contributed by atoms with Crippen LogP contribution in [0, 0.1) is 18.4 Å². The number of halogens is 1. The average molecular weight is 532 g/mol. The molecule has 0 bridgehead atoms. The molecule has 0 aliphatic carbocycles. The van der Waals surface area contributed by atoms with Gasteiger partial charge in [-0.3, -0.25) is 9.36 Å². The Morgan fingerprint density at radius 2 is 1.90 bits per heavy atom. The molecule has 200 valence electrons. The van der Waals surface area contributed by atoms with Crippen molar-refractivity contribution in [2.45, 2.75) is 43.5 Å². The maximum absolute atomic E-state index is 14.0. The van der Waals surface area contributed by atoms with E-state index < -0.39 is 36.3 Å². The number of fused-ring (bicyclic) bond motifs is 1. The molecule has 4 atom stereocenters. The minimum atomic E-state index is -1.57. The van der Waals surface area contributed by atoms with Gasteiger partial charge < -0.3 is 25.1 Å². The fraction of sp³-hybridized carbons (Fsp3) is 0.286. The summed E-state index contributed by atoms with van der Waals surface area (Å²) in [5.74, 6) is 1.94. The molecule has 1 aliphatic heterocycles. The molecule has 0 saturated carbocycles. The Balaban J connectivity index is 1.39. The second-order valence-corrected chi connectivity index (χ2v) is 9.14. The summed E-state index contributed by atoms with van der Waals surface area (Å²) in [6, 6.07) is 18.4. The molecule has 0 radical (unpaired) electrons. The van der Waals surface area contributed by atoms with Gasteiger partial charge in [0, 0.05) is 12.8 Å². The fourth-order valence-electron chi connectivity index (χ4n) is 4.55. The van der Waals surface area contributed by atoms with E-state index in [1.54, 1.807) is 0 Å². The van der Waals surface area contributed by atoms with Gasteiger partial charge in [-0.25, -0.2) is 4.98 Å². The minimum absolute atomic E-state index is 0.0364. The molecule has 1 saturated heterocycles. The number of esters is 1.